The first kappa shape index (κ1) is 14.1. The molecule has 2 N–H and O–H groups in total. The summed E-state index contributed by atoms with van der Waals surface area (Å²) < 4.78 is 5.18. The van der Waals surface area contributed by atoms with Crippen LogP contribution in [0.2, 0.25) is 0 Å². The van der Waals surface area contributed by atoms with E-state index in [1.54, 1.807) is 29.2 Å². The van der Waals surface area contributed by atoms with Gasteiger partial charge in [-0.2, -0.15) is 0 Å². The summed E-state index contributed by atoms with van der Waals surface area (Å²) in [6, 6.07) is 4.53. The van der Waals surface area contributed by atoms with Crippen molar-refractivity contribution < 1.29 is 19.7 Å². The standard InChI is InChI=1S/C15H17NO4/c17-13-6-5-12(11-14(13)18)3-1-2-4-15(19)16-7-9-20-10-8-16/h1-6,11,17-18H,7-10H2/b3-1+,4-2+. The van der Waals surface area contributed by atoms with Gasteiger partial charge in [-0.3, -0.25) is 4.79 Å². The first-order valence-electron chi connectivity index (χ1n) is 6.40. The number of benzene rings is 1. The first-order chi connectivity index (χ1) is 9.66. The molecule has 0 saturated carbocycles. The smallest absolute Gasteiger partial charge is 0.246 e. The highest BCUT2D eigenvalue weighted by molar-refractivity contribution is 5.88. The monoisotopic (exact) mass is 275 g/mol. The Hall–Kier alpha value is -2.27. The van der Waals surface area contributed by atoms with Gasteiger partial charge in [-0.05, 0) is 17.7 Å². The minimum atomic E-state index is -0.166. The summed E-state index contributed by atoms with van der Waals surface area (Å²) in [5.74, 6) is -0.354. The molecule has 1 aromatic rings. The van der Waals surface area contributed by atoms with Crippen molar-refractivity contribution in [3.63, 3.8) is 0 Å². The first-order valence-corrected chi connectivity index (χ1v) is 6.40. The zero-order chi connectivity index (χ0) is 14.4. The molecular weight excluding hydrogens is 258 g/mol. The molecule has 0 spiro atoms. The molecule has 20 heavy (non-hydrogen) atoms. The van der Waals surface area contributed by atoms with Crippen LogP contribution in [0.25, 0.3) is 6.08 Å². The van der Waals surface area contributed by atoms with Gasteiger partial charge in [-0.25, -0.2) is 0 Å². The van der Waals surface area contributed by atoms with Gasteiger partial charge in [0.25, 0.3) is 0 Å². The largest absolute Gasteiger partial charge is 0.504 e. The number of nitrogens with zero attached hydrogens (tertiary/aromatic N) is 1. The number of hydrogen-bond acceptors (Lipinski definition) is 4. The molecule has 0 aromatic heterocycles. The van der Waals surface area contributed by atoms with Crippen molar-refractivity contribution in [2.45, 2.75) is 0 Å². The van der Waals surface area contributed by atoms with Crippen molar-refractivity contribution in [2.75, 3.05) is 26.3 Å². The van der Waals surface area contributed by atoms with Gasteiger partial charge in [0.15, 0.2) is 11.5 Å². The van der Waals surface area contributed by atoms with E-state index < -0.39 is 0 Å². The molecular formula is C15H17NO4. The number of carbonyl (C=O) groups excluding carboxylic acids is 1. The molecule has 1 aliphatic rings. The Balaban J connectivity index is 1.89. The molecule has 0 radical (unpaired) electrons. The lowest BCUT2D eigenvalue weighted by Gasteiger charge is -2.25. The molecule has 1 aliphatic heterocycles. The van der Waals surface area contributed by atoms with Crippen LogP contribution in [-0.4, -0.2) is 47.3 Å². The van der Waals surface area contributed by atoms with E-state index in [1.807, 2.05) is 0 Å². The summed E-state index contributed by atoms with van der Waals surface area (Å²) in [4.78, 5) is 13.5. The van der Waals surface area contributed by atoms with Gasteiger partial charge in [0.1, 0.15) is 0 Å². The minimum Gasteiger partial charge on any atom is -0.504 e. The maximum absolute atomic E-state index is 11.8. The summed E-state index contributed by atoms with van der Waals surface area (Å²) in [6.45, 7) is 2.42. The third-order valence-electron chi connectivity index (χ3n) is 2.96. The van der Waals surface area contributed by atoms with Gasteiger partial charge in [0.2, 0.25) is 5.91 Å². The maximum Gasteiger partial charge on any atom is 0.246 e. The SMILES string of the molecule is O=C(/C=C/C=C/c1ccc(O)c(O)c1)N1CCOCC1. The Kier molecular flexibility index (Phi) is 4.79. The number of phenols is 2. The summed E-state index contributed by atoms with van der Waals surface area (Å²) in [6.07, 6.45) is 6.61. The molecule has 1 fully saturated rings. The zero-order valence-corrected chi connectivity index (χ0v) is 11.0. The second kappa shape index (κ2) is 6.77. The predicted molar refractivity (Wildman–Crippen MR) is 75.3 cm³/mol. The van der Waals surface area contributed by atoms with Gasteiger partial charge in [-0.15, -0.1) is 0 Å². The highest BCUT2D eigenvalue weighted by atomic mass is 16.5. The highest BCUT2D eigenvalue weighted by Gasteiger charge is 2.13. The third kappa shape index (κ3) is 3.86. The normalized spacial score (nSPS) is 16.1. The van der Waals surface area contributed by atoms with E-state index in [0.717, 1.165) is 5.56 Å². The Morgan fingerprint density at radius 1 is 1.15 bits per heavy atom. The van der Waals surface area contributed by atoms with Gasteiger partial charge in [-0.1, -0.05) is 24.3 Å². The van der Waals surface area contributed by atoms with Gasteiger partial charge in [0.05, 0.1) is 13.2 Å². The fourth-order valence-electron chi connectivity index (χ4n) is 1.84. The second-order valence-corrected chi connectivity index (χ2v) is 4.40. The third-order valence-corrected chi connectivity index (χ3v) is 2.96. The molecule has 0 unspecified atom stereocenters. The average molecular weight is 275 g/mol. The van der Waals surface area contributed by atoms with E-state index in [1.165, 1.54) is 18.2 Å². The molecule has 1 aromatic carbocycles. The predicted octanol–water partition coefficient (Wildman–Crippen LogP) is 1.53. The fourth-order valence-corrected chi connectivity index (χ4v) is 1.84. The molecule has 0 aliphatic carbocycles. The van der Waals surface area contributed by atoms with E-state index in [4.69, 9.17) is 4.74 Å². The van der Waals surface area contributed by atoms with E-state index in [2.05, 4.69) is 0 Å². The van der Waals surface area contributed by atoms with Gasteiger partial charge < -0.3 is 19.8 Å². The number of rotatable bonds is 3. The number of hydrogen-bond donors (Lipinski definition) is 2. The van der Waals surface area contributed by atoms with Crippen LogP contribution in [0.4, 0.5) is 0 Å². The van der Waals surface area contributed by atoms with Crippen LogP contribution in [-0.2, 0) is 9.53 Å². The highest BCUT2D eigenvalue weighted by Crippen LogP contribution is 2.25. The van der Waals surface area contributed by atoms with Crippen LogP contribution in [0.15, 0.2) is 36.4 Å². The number of phenolic OH excluding ortho intramolecular Hbond substituents is 2. The van der Waals surface area contributed by atoms with E-state index in [9.17, 15) is 15.0 Å². The lowest BCUT2D eigenvalue weighted by molar-refractivity contribution is -0.129. The number of allylic oxidation sites excluding steroid dienone is 2. The van der Waals surface area contributed by atoms with Crippen LogP contribution in [0, 0.1) is 0 Å². The summed E-state index contributed by atoms with van der Waals surface area (Å²) in [5.41, 5.74) is 0.740. The second-order valence-electron chi connectivity index (χ2n) is 4.40. The molecule has 1 heterocycles. The quantitative estimate of drug-likeness (QED) is 0.498. The topological polar surface area (TPSA) is 70.0 Å². The van der Waals surface area contributed by atoms with E-state index in [-0.39, 0.29) is 17.4 Å². The molecule has 5 heteroatoms. The van der Waals surface area contributed by atoms with Crippen LogP contribution < -0.4 is 0 Å². The van der Waals surface area contributed by atoms with Crippen molar-refractivity contribution in [1.29, 1.82) is 0 Å². The Morgan fingerprint density at radius 2 is 1.90 bits per heavy atom. The summed E-state index contributed by atoms with van der Waals surface area (Å²) in [7, 11) is 0. The molecule has 106 valence electrons. The minimum absolute atomic E-state index is 0.0356. The number of morpholine rings is 1. The number of amides is 1. The van der Waals surface area contributed by atoms with Crippen molar-refractivity contribution in [3.05, 3.63) is 42.0 Å². The molecule has 1 amide bonds. The van der Waals surface area contributed by atoms with Gasteiger partial charge >= 0.3 is 0 Å². The zero-order valence-electron chi connectivity index (χ0n) is 11.0. The molecule has 0 bridgehead atoms. The number of carbonyl (C=O) groups is 1. The molecule has 1 saturated heterocycles. The Bertz CT molecular complexity index is 531. The van der Waals surface area contributed by atoms with Crippen molar-refractivity contribution in [2.24, 2.45) is 0 Å². The van der Waals surface area contributed by atoms with Crippen LogP contribution in [0.5, 0.6) is 11.5 Å². The van der Waals surface area contributed by atoms with Crippen LogP contribution in [0.1, 0.15) is 5.56 Å². The fraction of sp³-hybridized carbons (Fsp3) is 0.267. The van der Waals surface area contributed by atoms with Crippen molar-refractivity contribution in [3.8, 4) is 11.5 Å². The van der Waals surface area contributed by atoms with Crippen molar-refractivity contribution >= 4 is 12.0 Å². The number of ether oxygens (including phenoxy) is 1. The maximum atomic E-state index is 11.8. The summed E-state index contributed by atoms with van der Waals surface area (Å²) >= 11 is 0. The lowest BCUT2D eigenvalue weighted by atomic mass is 10.2. The Labute approximate surface area is 117 Å². The average Bonchev–Trinajstić information content (AvgIpc) is 2.48. The molecule has 0 atom stereocenters. The van der Waals surface area contributed by atoms with Crippen LogP contribution >= 0.6 is 0 Å². The summed E-state index contributed by atoms with van der Waals surface area (Å²) in [5, 5.41) is 18.5. The number of aromatic hydroxyl groups is 2. The van der Waals surface area contributed by atoms with Crippen LogP contribution in [0.3, 0.4) is 0 Å². The molecule has 2 rings (SSSR count). The van der Waals surface area contributed by atoms with E-state index in [0.29, 0.717) is 26.3 Å². The lowest BCUT2D eigenvalue weighted by Crippen LogP contribution is -2.39. The van der Waals surface area contributed by atoms with Crippen molar-refractivity contribution in [1.82, 2.24) is 4.90 Å². The molecule has 5 nitrogen and oxygen atoms in total. The Morgan fingerprint density at radius 3 is 2.60 bits per heavy atom. The van der Waals surface area contributed by atoms with E-state index >= 15 is 0 Å². The van der Waals surface area contributed by atoms with Gasteiger partial charge in [0, 0.05) is 19.2 Å².